The van der Waals surface area contributed by atoms with Crippen LogP contribution in [0.3, 0.4) is 0 Å². The van der Waals surface area contributed by atoms with E-state index in [1.807, 2.05) is 44.2 Å². The summed E-state index contributed by atoms with van der Waals surface area (Å²) in [5, 5.41) is 5.46. The number of benzene rings is 2. The van der Waals surface area contributed by atoms with Crippen LogP contribution in [-0.2, 0) is 14.3 Å². The average molecular weight is 514 g/mol. The monoisotopic (exact) mass is 513 g/mol. The Morgan fingerprint density at radius 3 is 2.33 bits per heavy atom. The van der Waals surface area contributed by atoms with Gasteiger partial charge < -0.3 is 24.4 Å². The standard InChI is InChI=1S/C26H31N3O6S/c1-18(2)17-35-23(30)16-22-25(32)27-12-13-29(22)26(36)28-24(31)19-8-10-21(11-9-19)34-15-14-33-20-6-4-3-5-7-20/h3-11,18,22H,12-17H2,1-2H3,(H,27,32)(H,28,31,36). The third-order valence-corrected chi connectivity index (χ3v) is 5.57. The molecule has 0 radical (unpaired) electrons. The van der Waals surface area contributed by atoms with Crippen molar-refractivity contribution in [2.75, 3.05) is 32.9 Å². The Bertz CT molecular complexity index is 1050. The van der Waals surface area contributed by atoms with Gasteiger partial charge in [0.05, 0.1) is 13.0 Å². The van der Waals surface area contributed by atoms with Crippen molar-refractivity contribution in [3.05, 3.63) is 60.2 Å². The predicted molar refractivity (Wildman–Crippen MR) is 138 cm³/mol. The van der Waals surface area contributed by atoms with Crippen molar-refractivity contribution in [3.63, 3.8) is 0 Å². The topological polar surface area (TPSA) is 106 Å². The van der Waals surface area contributed by atoms with E-state index in [1.54, 1.807) is 29.2 Å². The number of amides is 2. The van der Waals surface area contributed by atoms with Crippen molar-refractivity contribution in [3.8, 4) is 11.5 Å². The summed E-state index contributed by atoms with van der Waals surface area (Å²) in [6, 6.07) is 15.2. The lowest BCUT2D eigenvalue weighted by Crippen LogP contribution is -2.60. The lowest BCUT2D eigenvalue weighted by atomic mass is 10.1. The zero-order chi connectivity index (χ0) is 25.9. The Morgan fingerprint density at radius 1 is 1.06 bits per heavy atom. The number of carbonyl (C=O) groups is 3. The Morgan fingerprint density at radius 2 is 1.69 bits per heavy atom. The molecule has 192 valence electrons. The molecule has 0 spiro atoms. The van der Waals surface area contributed by atoms with E-state index in [1.165, 1.54) is 0 Å². The number of ether oxygens (including phenoxy) is 3. The molecule has 2 amide bonds. The van der Waals surface area contributed by atoms with E-state index < -0.39 is 17.9 Å². The number of nitrogens with one attached hydrogen (secondary N) is 2. The minimum absolute atomic E-state index is 0.0786. The highest BCUT2D eigenvalue weighted by Gasteiger charge is 2.34. The van der Waals surface area contributed by atoms with E-state index in [2.05, 4.69) is 10.6 Å². The van der Waals surface area contributed by atoms with Crippen LogP contribution >= 0.6 is 12.2 Å². The van der Waals surface area contributed by atoms with Crippen molar-refractivity contribution in [1.29, 1.82) is 0 Å². The first-order valence-electron chi connectivity index (χ1n) is 11.8. The van der Waals surface area contributed by atoms with Gasteiger partial charge in [-0.1, -0.05) is 32.0 Å². The summed E-state index contributed by atoms with van der Waals surface area (Å²) in [4.78, 5) is 38.9. The average Bonchev–Trinajstić information content (AvgIpc) is 2.87. The van der Waals surface area contributed by atoms with Crippen LogP contribution in [0.2, 0.25) is 0 Å². The number of carbonyl (C=O) groups excluding carboxylic acids is 3. The number of piperazine rings is 1. The van der Waals surface area contributed by atoms with Crippen molar-refractivity contribution in [2.45, 2.75) is 26.3 Å². The Labute approximate surface area is 216 Å². The SMILES string of the molecule is CC(C)COC(=O)CC1C(=O)NCCN1C(=S)NC(=O)c1ccc(OCCOc2ccccc2)cc1. The van der Waals surface area contributed by atoms with Gasteiger partial charge in [0.15, 0.2) is 5.11 Å². The highest BCUT2D eigenvalue weighted by molar-refractivity contribution is 7.80. The normalized spacial score (nSPS) is 15.1. The molecule has 1 unspecified atom stereocenters. The van der Waals surface area contributed by atoms with E-state index in [-0.39, 0.29) is 30.0 Å². The predicted octanol–water partition coefficient (Wildman–Crippen LogP) is 2.55. The second-order valence-electron chi connectivity index (χ2n) is 8.57. The third-order valence-electron chi connectivity index (χ3n) is 5.23. The molecule has 9 nitrogen and oxygen atoms in total. The molecule has 1 heterocycles. The highest BCUT2D eigenvalue weighted by atomic mass is 32.1. The number of nitrogens with zero attached hydrogens (tertiary/aromatic N) is 1. The molecule has 1 aliphatic heterocycles. The van der Waals surface area contributed by atoms with Crippen LogP contribution < -0.4 is 20.1 Å². The van der Waals surface area contributed by atoms with Crippen LogP contribution in [0.25, 0.3) is 0 Å². The number of rotatable bonds is 10. The van der Waals surface area contributed by atoms with E-state index >= 15 is 0 Å². The van der Waals surface area contributed by atoms with Gasteiger partial charge in [-0.25, -0.2) is 0 Å². The Kier molecular flexibility index (Phi) is 10.1. The molecule has 10 heteroatoms. The Balaban J connectivity index is 1.49. The summed E-state index contributed by atoms with van der Waals surface area (Å²) in [5.41, 5.74) is 0.375. The fraction of sp³-hybridized carbons (Fsp3) is 0.385. The molecule has 1 fully saturated rings. The lowest BCUT2D eigenvalue weighted by Gasteiger charge is -2.36. The molecule has 2 aromatic carbocycles. The molecule has 0 saturated carbocycles. The summed E-state index contributed by atoms with van der Waals surface area (Å²) in [7, 11) is 0. The maximum absolute atomic E-state index is 12.7. The van der Waals surface area contributed by atoms with Gasteiger partial charge in [0, 0.05) is 18.7 Å². The molecule has 1 saturated heterocycles. The third kappa shape index (κ3) is 8.23. The first-order chi connectivity index (χ1) is 17.3. The first kappa shape index (κ1) is 26.9. The fourth-order valence-electron chi connectivity index (χ4n) is 3.42. The molecule has 2 N–H and O–H groups in total. The van der Waals surface area contributed by atoms with Gasteiger partial charge in [-0.3, -0.25) is 19.7 Å². The van der Waals surface area contributed by atoms with Gasteiger partial charge in [0.2, 0.25) is 5.91 Å². The van der Waals surface area contributed by atoms with Crippen LogP contribution in [0.5, 0.6) is 11.5 Å². The highest BCUT2D eigenvalue weighted by Crippen LogP contribution is 2.15. The quantitative estimate of drug-likeness (QED) is 0.284. The lowest BCUT2D eigenvalue weighted by molar-refractivity contribution is -0.148. The largest absolute Gasteiger partial charge is 0.490 e. The van der Waals surface area contributed by atoms with Gasteiger partial charge in [-0.05, 0) is 54.5 Å². The molecule has 1 aliphatic rings. The van der Waals surface area contributed by atoms with Crippen molar-refractivity contribution in [2.24, 2.45) is 5.92 Å². The van der Waals surface area contributed by atoms with Gasteiger partial charge >= 0.3 is 5.97 Å². The zero-order valence-electron chi connectivity index (χ0n) is 20.4. The summed E-state index contributed by atoms with van der Waals surface area (Å²) < 4.78 is 16.5. The summed E-state index contributed by atoms with van der Waals surface area (Å²) in [5.74, 6) is 0.297. The molecule has 0 bridgehead atoms. The van der Waals surface area contributed by atoms with Crippen LogP contribution in [-0.4, -0.2) is 66.7 Å². The maximum atomic E-state index is 12.7. The molecule has 1 atom stereocenters. The van der Waals surface area contributed by atoms with Crippen LogP contribution in [0.4, 0.5) is 0 Å². The summed E-state index contributed by atoms with van der Waals surface area (Å²) in [6.07, 6.45) is -0.158. The van der Waals surface area contributed by atoms with Gasteiger partial charge in [0.25, 0.3) is 5.91 Å². The molecule has 3 rings (SSSR count). The summed E-state index contributed by atoms with van der Waals surface area (Å²) >= 11 is 5.40. The second-order valence-corrected chi connectivity index (χ2v) is 8.96. The fourth-order valence-corrected chi connectivity index (χ4v) is 3.73. The molecule has 36 heavy (non-hydrogen) atoms. The zero-order valence-corrected chi connectivity index (χ0v) is 21.2. The molecule has 0 aromatic heterocycles. The van der Waals surface area contributed by atoms with Crippen molar-refractivity contribution in [1.82, 2.24) is 15.5 Å². The van der Waals surface area contributed by atoms with E-state index in [0.717, 1.165) is 5.75 Å². The molecular formula is C26H31N3O6S. The maximum Gasteiger partial charge on any atom is 0.308 e. The van der Waals surface area contributed by atoms with Gasteiger partial charge in [0.1, 0.15) is 30.8 Å². The first-order valence-corrected chi connectivity index (χ1v) is 12.2. The van der Waals surface area contributed by atoms with Gasteiger partial charge in [-0.15, -0.1) is 0 Å². The van der Waals surface area contributed by atoms with Crippen LogP contribution in [0.15, 0.2) is 54.6 Å². The van der Waals surface area contributed by atoms with Crippen LogP contribution in [0.1, 0.15) is 30.6 Å². The number of hydrogen-bond donors (Lipinski definition) is 2. The van der Waals surface area contributed by atoms with Crippen molar-refractivity contribution >= 4 is 35.1 Å². The summed E-state index contributed by atoms with van der Waals surface area (Å²) in [6.45, 7) is 5.58. The minimum atomic E-state index is -0.847. The van der Waals surface area contributed by atoms with E-state index in [4.69, 9.17) is 26.4 Å². The second kappa shape index (κ2) is 13.4. The molecule has 0 aliphatic carbocycles. The van der Waals surface area contributed by atoms with E-state index in [9.17, 15) is 14.4 Å². The molecular weight excluding hydrogens is 482 g/mol. The van der Waals surface area contributed by atoms with E-state index in [0.29, 0.717) is 37.6 Å². The number of thiocarbonyl (C=S) groups is 1. The van der Waals surface area contributed by atoms with Crippen LogP contribution in [0, 0.1) is 5.92 Å². The number of para-hydroxylation sites is 1. The number of hydrogen-bond acceptors (Lipinski definition) is 7. The molecule has 2 aromatic rings. The van der Waals surface area contributed by atoms with Crippen molar-refractivity contribution < 1.29 is 28.6 Å². The number of esters is 1. The Hall–Kier alpha value is -3.66. The smallest absolute Gasteiger partial charge is 0.308 e. The minimum Gasteiger partial charge on any atom is -0.490 e. The van der Waals surface area contributed by atoms with Gasteiger partial charge in [-0.2, -0.15) is 0 Å².